The van der Waals surface area contributed by atoms with Crippen LogP contribution in [0.15, 0.2) is 6.07 Å². The van der Waals surface area contributed by atoms with Crippen molar-refractivity contribution in [3.63, 3.8) is 0 Å². The van der Waals surface area contributed by atoms with Crippen molar-refractivity contribution in [3.8, 4) is 5.75 Å². The largest absolute Gasteiger partial charge is 0.506 e. The molecule has 1 aromatic rings. The van der Waals surface area contributed by atoms with Gasteiger partial charge in [-0.2, -0.15) is 0 Å². The van der Waals surface area contributed by atoms with E-state index in [1.54, 1.807) is 0 Å². The molecule has 2 N–H and O–H groups in total. The number of aryl methyl sites for hydroxylation is 1. The van der Waals surface area contributed by atoms with Crippen LogP contribution in [0.1, 0.15) is 35.4 Å². The Hall–Kier alpha value is -0.730. The molecule has 88 valence electrons. The zero-order chi connectivity index (χ0) is 11.7. The summed E-state index contributed by atoms with van der Waals surface area (Å²) in [4.78, 5) is 0. The summed E-state index contributed by atoms with van der Waals surface area (Å²) in [5, 5.41) is 13.7. The van der Waals surface area contributed by atoms with Crippen LogP contribution < -0.4 is 5.32 Å². The highest BCUT2D eigenvalue weighted by atomic mass is 35.5. The van der Waals surface area contributed by atoms with E-state index in [0.29, 0.717) is 10.9 Å². The first-order chi connectivity index (χ1) is 7.61. The van der Waals surface area contributed by atoms with Crippen LogP contribution in [-0.4, -0.2) is 18.2 Å². The Morgan fingerprint density at radius 1 is 1.44 bits per heavy atom. The smallest absolute Gasteiger partial charge is 0.137 e. The van der Waals surface area contributed by atoms with Crippen LogP contribution in [0.25, 0.3) is 0 Å². The van der Waals surface area contributed by atoms with E-state index >= 15 is 0 Å². The molecule has 0 saturated carbocycles. The first-order valence-corrected chi connectivity index (χ1v) is 6.18. The standard InChI is InChI=1S/C13H18ClNO/c1-8-6-11(9(2)12(14)13(8)16)10-4-3-5-15-7-10/h6,10,15-16H,3-5,7H2,1-2H3. The maximum absolute atomic E-state index is 9.76. The molecule has 0 radical (unpaired) electrons. The van der Waals surface area contributed by atoms with Crippen LogP contribution in [0.3, 0.4) is 0 Å². The number of phenolic OH excluding ortho intramolecular Hbond substituents is 1. The SMILES string of the molecule is Cc1cc(C2CCCNC2)c(C)c(Cl)c1O. The Balaban J connectivity index is 2.40. The average molecular weight is 240 g/mol. The summed E-state index contributed by atoms with van der Waals surface area (Å²) in [5.41, 5.74) is 3.18. The van der Waals surface area contributed by atoms with Crippen LogP contribution in [-0.2, 0) is 0 Å². The lowest BCUT2D eigenvalue weighted by atomic mass is 9.87. The molecule has 1 fully saturated rings. The van der Waals surface area contributed by atoms with Crippen molar-refractivity contribution in [2.24, 2.45) is 0 Å². The molecule has 1 aromatic carbocycles. The lowest BCUT2D eigenvalue weighted by Crippen LogP contribution is -2.28. The number of halogens is 1. The molecular weight excluding hydrogens is 222 g/mol. The van der Waals surface area contributed by atoms with Gasteiger partial charge in [-0.3, -0.25) is 0 Å². The van der Waals surface area contributed by atoms with Gasteiger partial charge in [0.05, 0.1) is 5.02 Å². The lowest BCUT2D eigenvalue weighted by molar-refractivity contribution is 0.455. The van der Waals surface area contributed by atoms with Gasteiger partial charge in [0.1, 0.15) is 5.75 Å². The maximum atomic E-state index is 9.76. The molecule has 1 aliphatic rings. The van der Waals surface area contributed by atoms with E-state index in [1.807, 2.05) is 13.8 Å². The van der Waals surface area contributed by atoms with Gasteiger partial charge < -0.3 is 10.4 Å². The van der Waals surface area contributed by atoms with E-state index < -0.39 is 0 Å². The van der Waals surface area contributed by atoms with E-state index in [-0.39, 0.29) is 5.75 Å². The fraction of sp³-hybridized carbons (Fsp3) is 0.538. The van der Waals surface area contributed by atoms with Crippen LogP contribution in [0.5, 0.6) is 5.75 Å². The molecule has 1 saturated heterocycles. The van der Waals surface area contributed by atoms with E-state index in [9.17, 15) is 5.11 Å². The van der Waals surface area contributed by atoms with E-state index in [1.165, 1.54) is 18.4 Å². The molecule has 3 heteroatoms. The van der Waals surface area contributed by atoms with Crippen molar-refractivity contribution in [1.82, 2.24) is 5.32 Å². The van der Waals surface area contributed by atoms with E-state index in [0.717, 1.165) is 24.2 Å². The van der Waals surface area contributed by atoms with Crippen LogP contribution in [0.4, 0.5) is 0 Å². The van der Waals surface area contributed by atoms with Crippen LogP contribution in [0, 0.1) is 13.8 Å². The van der Waals surface area contributed by atoms with Crippen molar-refractivity contribution in [1.29, 1.82) is 0 Å². The Labute approximate surface area is 102 Å². The fourth-order valence-electron chi connectivity index (χ4n) is 2.43. The monoisotopic (exact) mass is 239 g/mol. The zero-order valence-electron chi connectivity index (χ0n) is 9.81. The molecule has 0 bridgehead atoms. The van der Waals surface area contributed by atoms with Gasteiger partial charge in [0.25, 0.3) is 0 Å². The average Bonchev–Trinajstić information content (AvgIpc) is 2.32. The summed E-state index contributed by atoms with van der Waals surface area (Å²) >= 11 is 6.14. The molecule has 1 unspecified atom stereocenters. The van der Waals surface area contributed by atoms with Gasteiger partial charge >= 0.3 is 0 Å². The van der Waals surface area contributed by atoms with E-state index in [2.05, 4.69) is 11.4 Å². The molecule has 0 aromatic heterocycles. The third-order valence-corrected chi connectivity index (χ3v) is 3.91. The molecule has 1 heterocycles. The molecule has 16 heavy (non-hydrogen) atoms. The quantitative estimate of drug-likeness (QED) is 0.789. The minimum Gasteiger partial charge on any atom is -0.506 e. The number of benzene rings is 1. The summed E-state index contributed by atoms with van der Waals surface area (Å²) in [6.07, 6.45) is 2.41. The highest BCUT2D eigenvalue weighted by molar-refractivity contribution is 6.33. The summed E-state index contributed by atoms with van der Waals surface area (Å²) in [5.74, 6) is 0.761. The van der Waals surface area contributed by atoms with Crippen molar-refractivity contribution in [2.45, 2.75) is 32.6 Å². The van der Waals surface area contributed by atoms with Gasteiger partial charge in [-0.05, 0) is 55.8 Å². The number of rotatable bonds is 1. The topological polar surface area (TPSA) is 32.3 Å². The van der Waals surface area contributed by atoms with Gasteiger partial charge in [-0.25, -0.2) is 0 Å². The normalized spacial score (nSPS) is 21.1. The Kier molecular flexibility index (Phi) is 3.41. The number of piperidine rings is 1. The van der Waals surface area contributed by atoms with E-state index in [4.69, 9.17) is 11.6 Å². The zero-order valence-corrected chi connectivity index (χ0v) is 10.6. The number of aromatic hydroxyl groups is 1. The molecule has 2 rings (SSSR count). The first-order valence-electron chi connectivity index (χ1n) is 5.80. The third kappa shape index (κ3) is 2.04. The maximum Gasteiger partial charge on any atom is 0.137 e. The summed E-state index contributed by atoms with van der Waals surface area (Å²) in [6, 6.07) is 2.08. The number of hydrogen-bond donors (Lipinski definition) is 2. The van der Waals surface area contributed by atoms with Gasteiger partial charge in [0.2, 0.25) is 0 Å². The van der Waals surface area contributed by atoms with Gasteiger partial charge in [-0.1, -0.05) is 17.7 Å². The molecule has 1 atom stereocenters. The van der Waals surface area contributed by atoms with Gasteiger partial charge in [0, 0.05) is 6.54 Å². The molecule has 1 aliphatic heterocycles. The summed E-state index contributed by atoms with van der Waals surface area (Å²) in [7, 11) is 0. The van der Waals surface area contributed by atoms with Crippen molar-refractivity contribution >= 4 is 11.6 Å². The second-order valence-electron chi connectivity index (χ2n) is 4.61. The molecule has 0 amide bonds. The summed E-state index contributed by atoms with van der Waals surface area (Å²) < 4.78 is 0. The predicted octanol–water partition coefficient (Wildman–Crippen LogP) is 3.13. The predicted molar refractivity (Wildman–Crippen MR) is 67.4 cm³/mol. The number of hydrogen-bond acceptors (Lipinski definition) is 2. The third-order valence-electron chi connectivity index (χ3n) is 3.45. The van der Waals surface area contributed by atoms with Crippen molar-refractivity contribution in [3.05, 3.63) is 27.8 Å². The Bertz CT molecular complexity index is 397. The minimum atomic E-state index is 0.228. The number of nitrogens with one attached hydrogen (secondary N) is 1. The molecule has 0 aliphatic carbocycles. The van der Waals surface area contributed by atoms with Crippen LogP contribution >= 0.6 is 11.6 Å². The Morgan fingerprint density at radius 2 is 2.19 bits per heavy atom. The van der Waals surface area contributed by atoms with Crippen molar-refractivity contribution in [2.75, 3.05) is 13.1 Å². The highest BCUT2D eigenvalue weighted by Crippen LogP contribution is 2.37. The van der Waals surface area contributed by atoms with Gasteiger partial charge in [-0.15, -0.1) is 0 Å². The minimum absolute atomic E-state index is 0.228. The fourth-order valence-corrected chi connectivity index (χ4v) is 2.69. The molecule has 0 spiro atoms. The molecule has 2 nitrogen and oxygen atoms in total. The second-order valence-corrected chi connectivity index (χ2v) is 4.99. The molecular formula is C13H18ClNO. The highest BCUT2D eigenvalue weighted by Gasteiger charge is 2.20. The lowest BCUT2D eigenvalue weighted by Gasteiger charge is -2.25. The van der Waals surface area contributed by atoms with Crippen LogP contribution in [0.2, 0.25) is 5.02 Å². The second kappa shape index (κ2) is 4.64. The van der Waals surface area contributed by atoms with Crippen molar-refractivity contribution < 1.29 is 5.11 Å². The summed E-state index contributed by atoms with van der Waals surface area (Å²) in [6.45, 7) is 6.02. The first kappa shape index (κ1) is 11.7. The number of phenols is 1. The van der Waals surface area contributed by atoms with Gasteiger partial charge in [0.15, 0.2) is 0 Å². The Morgan fingerprint density at radius 3 is 2.81 bits per heavy atom.